The van der Waals surface area contributed by atoms with Crippen LogP contribution < -0.4 is 16.0 Å². The number of anilines is 3. The smallest absolute Gasteiger partial charge is 0.238 e. The minimum absolute atomic E-state index is 0.0147. The molecule has 1 atom stereocenters. The normalized spacial score (nSPS) is 16.0. The molecule has 0 spiro atoms. The van der Waals surface area contributed by atoms with Crippen molar-refractivity contribution in [2.45, 2.75) is 12.8 Å². The van der Waals surface area contributed by atoms with Crippen LogP contribution in [0.1, 0.15) is 24.0 Å². The number of aromatic amines is 1. The molecule has 3 aromatic rings. The highest BCUT2D eigenvalue weighted by Crippen LogP contribution is 2.47. The van der Waals surface area contributed by atoms with Gasteiger partial charge in [-0.2, -0.15) is 0 Å². The number of hydrogen-bond acceptors (Lipinski definition) is 3. The topological polar surface area (TPSA) is 74.2 Å². The minimum atomic E-state index is -0.181. The first-order chi connectivity index (χ1) is 11.6. The molecule has 122 valence electrons. The first kappa shape index (κ1) is 14.8. The van der Waals surface area contributed by atoms with E-state index in [9.17, 15) is 4.79 Å². The number of rotatable bonds is 2. The molecule has 4 N–H and O–H groups in total. The summed E-state index contributed by atoms with van der Waals surface area (Å²) < 4.78 is 0. The fourth-order valence-electron chi connectivity index (χ4n) is 3.62. The lowest BCUT2D eigenvalue weighted by atomic mass is 9.87. The van der Waals surface area contributed by atoms with Crippen molar-refractivity contribution in [2.24, 2.45) is 5.73 Å². The minimum Gasteiger partial charge on any atom is -0.341 e. The molecule has 1 unspecified atom stereocenters. The Morgan fingerprint density at radius 1 is 1.29 bits per heavy atom. The second-order valence-electron chi connectivity index (χ2n) is 6.24. The quantitative estimate of drug-likeness (QED) is 0.678. The van der Waals surface area contributed by atoms with Crippen LogP contribution >= 0.6 is 0 Å². The Kier molecular flexibility index (Phi) is 3.32. The van der Waals surface area contributed by atoms with Crippen molar-refractivity contribution in [1.29, 1.82) is 0 Å². The van der Waals surface area contributed by atoms with Gasteiger partial charge in [-0.05, 0) is 29.8 Å². The lowest BCUT2D eigenvalue weighted by Gasteiger charge is -2.32. The molecule has 2 aromatic carbocycles. The molecule has 0 aliphatic carbocycles. The standard InChI is InChI=1S/C19H20N4O/c1-11-14-9-12(21-17(24)10-20)7-8-16(14)23(2)19-18(11)13-5-3-4-6-15(13)22-19/h3-9,11,22H,10,20H2,1-2H3,(H,21,24). The molecule has 0 saturated heterocycles. The Morgan fingerprint density at radius 2 is 2.08 bits per heavy atom. The van der Waals surface area contributed by atoms with Crippen molar-refractivity contribution in [3.8, 4) is 0 Å². The summed E-state index contributed by atoms with van der Waals surface area (Å²) >= 11 is 0. The van der Waals surface area contributed by atoms with E-state index in [4.69, 9.17) is 5.73 Å². The van der Waals surface area contributed by atoms with E-state index in [1.807, 2.05) is 18.2 Å². The zero-order valence-corrected chi connectivity index (χ0v) is 13.8. The summed E-state index contributed by atoms with van der Waals surface area (Å²) in [7, 11) is 2.07. The second kappa shape index (κ2) is 5.39. The summed E-state index contributed by atoms with van der Waals surface area (Å²) in [5, 5.41) is 4.09. The molecule has 5 nitrogen and oxygen atoms in total. The number of nitrogens with two attached hydrogens (primary N) is 1. The van der Waals surface area contributed by atoms with Gasteiger partial charge >= 0.3 is 0 Å². The van der Waals surface area contributed by atoms with Crippen LogP contribution in [0.15, 0.2) is 42.5 Å². The highest BCUT2D eigenvalue weighted by atomic mass is 16.1. The van der Waals surface area contributed by atoms with E-state index in [2.05, 4.69) is 53.4 Å². The molecular weight excluding hydrogens is 300 g/mol. The summed E-state index contributed by atoms with van der Waals surface area (Å²) in [4.78, 5) is 17.3. The SMILES string of the molecule is CC1c2cc(NC(=O)CN)ccc2N(C)c2[nH]c3ccccc3c21. The number of carbonyl (C=O) groups is 1. The van der Waals surface area contributed by atoms with E-state index >= 15 is 0 Å². The van der Waals surface area contributed by atoms with Crippen LogP contribution in [0.4, 0.5) is 17.2 Å². The zero-order valence-electron chi connectivity index (χ0n) is 13.8. The van der Waals surface area contributed by atoms with E-state index in [1.54, 1.807) is 0 Å². The number of H-pyrrole nitrogens is 1. The Balaban J connectivity index is 1.85. The van der Waals surface area contributed by atoms with Gasteiger partial charge in [0.1, 0.15) is 5.82 Å². The molecule has 1 aliphatic heterocycles. The number of hydrogen-bond donors (Lipinski definition) is 3. The third-order valence-corrected chi connectivity index (χ3v) is 4.82. The molecule has 1 aliphatic rings. The van der Waals surface area contributed by atoms with Gasteiger partial charge in [0, 0.05) is 40.8 Å². The number of amides is 1. The molecule has 5 heteroatoms. The molecule has 1 aromatic heterocycles. The van der Waals surface area contributed by atoms with Gasteiger partial charge in [0.15, 0.2) is 0 Å². The van der Waals surface area contributed by atoms with Crippen LogP contribution in [0.2, 0.25) is 0 Å². The fraction of sp³-hybridized carbons (Fsp3) is 0.211. The van der Waals surface area contributed by atoms with Crippen LogP contribution in [-0.4, -0.2) is 24.5 Å². The van der Waals surface area contributed by atoms with Crippen molar-refractivity contribution in [3.63, 3.8) is 0 Å². The molecule has 24 heavy (non-hydrogen) atoms. The summed E-state index contributed by atoms with van der Waals surface area (Å²) in [5.74, 6) is 1.19. The Morgan fingerprint density at radius 3 is 2.88 bits per heavy atom. The van der Waals surface area contributed by atoms with Gasteiger partial charge in [0.2, 0.25) is 5.91 Å². The first-order valence-electron chi connectivity index (χ1n) is 8.08. The van der Waals surface area contributed by atoms with E-state index in [0.29, 0.717) is 0 Å². The molecule has 4 rings (SSSR count). The van der Waals surface area contributed by atoms with Crippen LogP contribution in [0.25, 0.3) is 10.9 Å². The number of fused-ring (bicyclic) bond motifs is 4. The van der Waals surface area contributed by atoms with Crippen LogP contribution in [0, 0.1) is 0 Å². The molecule has 2 heterocycles. The van der Waals surface area contributed by atoms with Gasteiger partial charge in [-0.25, -0.2) is 0 Å². The number of aromatic nitrogens is 1. The predicted molar refractivity (Wildman–Crippen MR) is 98.0 cm³/mol. The van der Waals surface area contributed by atoms with Crippen molar-refractivity contribution < 1.29 is 4.79 Å². The Hall–Kier alpha value is -2.79. The average molecular weight is 320 g/mol. The number of nitrogens with one attached hydrogen (secondary N) is 2. The van der Waals surface area contributed by atoms with Gasteiger partial charge in [-0.1, -0.05) is 25.1 Å². The molecule has 0 radical (unpaired) electrons. The first-order valence-corrected chi connectivity index (χ1v) is 8.08. The van der Waals surface area contributed by atoms with Crippen molar-refractivity contribution in [1.82, 2.24) is 4.98 Å². The molecule has 0 fully saturated rings. The zero-order chi connectivity index (χ0) is 16.8. The third-order valence-electron chi connectivity index (χ3n) is 4.82. The fourth-order valence-corrected chi connectivity index (χ4v) is 3.62. The van der Waals surface area contributed by atoms with Crippen LogP contribution in [0.3, 0.4) is 0 Å². The number of benzene rings is 2. The van der Waals surface area contributed by atoms with Crippen molar-refractivity contribution >= 4 is 34.0 Å². The van der Waals surface area contributed by atoms with Gasteiger partial charge < -0.3 is 20.9 Å². The van der Waals surface area contributed by atoms with E-state index < -0.39 is 0 Å². The van der Waals surface area contributed by atoms with E-state index in [0.717, 1.165) is 22.7 Å². The number of carbonyl (C=O) groups excluding carboxylic acids is 1. The average Bonchev–Trinajstić information content (AvgIpc) is 2.99. The maximum absolute atomic E-state index is 11.6. The molecule has 0 saturated carbocycles. The third kappa shape index (κ3) is 2.09. The van der Waals surface area contributed by atoms with Gasteiger partial charge in [0.05, 0.1) is 6.54 Å². The number of para-hydroxylation sites is 1. The van der Waals surface area contributed by atoms with Gasteiger partial charge in [0.25, 0.3) is 0 Å². The largest absolute Gasteiger partial charge is 0.341 e. The summed E-state index contributed by atoms with van der Waals surface area (Å²) in [6, 6.07) is 14.4. The summed E-state index contributed by atoms with van der Waals surface area (Å²) in [6.07, 6.45) is 0. The Labute approximate surface area is 140 Å². The lowest BCUT2D eigenvalue weighted by Crippen LogP contribution is -2.23. The summed E-state index contributed by atoms with van der Waals surface area (Å²) in [5.41, 5.74) is 11.0. The monoisotopic (exact) mass is 320 g/mol. The highest BCUT2D eigenvalue weighted by molar-refractivity contribution is 5.95. The summed E-state index contributed by atoms with van der Waals surface area (Å²) in [6.45, 7) is 2.19. The molecule has 1 amide bonds. The number of nitrogens with zero attached hydrogens (tertiary/aromatic N) is 1. The Bertz CT molecular complexity index is 944. The second-order valence-corrected chi connectivity index (χ2v) is 6.24. The van der Waals surface area contributed by atoms with E-state index in [1.165, 1.54) is 16.5 Å². The van der Waals surface area contributed by atoms with Crippen LogP contribution in [-0.2, 0) is 4.79 Å². The van der Waals surface area contributed by atoms with Crippen molar-refractivity contribution in [3.05, 3.63) is 53.6 Å². The predicted octanol–water partition coefficient (Wildman–Crippen LogP) is 3.30. The lowest BCUT2D eigenvalue weighted by molar-refractivity contribution is -0.114. The van der Waals surface area contributed by atoms with Crippen LogP contribution in [0.5, 0.6) is 0 Å². The van der Waals surface area contributed by atoms with E-state index in [-0.39, 0.29) is 18.4 Å². The van der Waals surface area contributed by atoms with Gasteiger partial charge in [-0.15, -0.1) is 0 Å². The maximum atomic E-state index is 11.6. The molecule has 0 bridgehead atoms. The van der Waals surface area contributed by atoms with Gasteiger partial charge in [-0.3, -0.25) is 4.79 Å². The highest BCUT2D eigenvalue weighted by Gasteiger charge is 2.29. The molecular formula is C19H20N4O. The maximum Gasteiger partial charge on any atom is 0.238 e. The van der Waals surface area contributed by atoms with Crippen molar-refractivity contribution in [2.75, 3.05) is 23.8 Å².